The van der Waals surface area contributed by atoms with E-state index < -0.39 is 29.7 Å². The Bertz CT molecular complexity index is 1020. The number of hydrogen-bond donors (Lipinski definition) is 1. The topological polar surface area (TPSA) is 172 Å². The molecule has 0 saturated carbocycles. The van der Waals surface area contributed by atoms with Crippen molar-refractivity contribution < 1.29 is 33.4 Å². The Morgan fingerprint density at radius 1 is 1.06 bits per heavy atom. The van der Waals surface area contributed by atoms with Crippen LogP contribution in [-0.2, 0) is 23.8 Å². The second kappa shape index (κ2) is 12.6. The first-order valence-corrected chi connectivity index (χ1v) is 10.7. The van der Waals surface area contributed by atoms with Gasteiger partial charge in [-0.15, -0.1) is 0 Å². The number of carbonyl (C=O) groups excluding carboxylic acids is 4. The summed E-state index contributed by atoms with van der Waals surface area (Å²) in [7, 11) is 0. The zero-order valence-electron chi connectivity index (χ0n) is 18.3. The summed E-state index contributed by atoms with van der Waals surface area (Å²) in [6, 6.07) is 3.68. The molecule has 1 atom stereocenters. The molecule has 0 aliphatic carbocycles. The van der Waals surface area contributed by atoms with Crippen molar-refractivity contribution in [3.8, 4) is 0 Å². The van der Waals surface area contributed by atoms with Gasteiger partial charge in [0, 0.05) is 24.1 Å². The maximum atomic E-state index is 13.0. The van der Waals surface area contributed by atoms with E-state index in [4.69, 9.17) is 19.7 Å². The smallest absolute Gasteiger partial charge is 0.264 e. The Kier molecular flexibility index (Phi) is 9.23. The van der Waals surface area contributed by atoms with Gasteiger partial charge in [0.2, 0.25) is 11.8 Å². The monoisotopic (exact) mass is 472 g/mol. The van der Waals surface area contributed by atoms with E-state index in [0.717, 1.165) is 4.90 Å². The van der Waals surface area contributed by atoms with Crippen LogP contribution < -0.4 is 5.32 Å². The third-order valence-electron chi connectivity index (χ3n) is 5.01. The third-order valence-corrected chi connectivity index (χ3v) is 5.01. The molecule has 0 bridgehead atoms. The van der Waals surface area contributed by atoms with Crippen molar-refractivity contribution in [3.05, 3.63) is 39.8 Å². The van der Waals surface area contributed by atoms with Crippen LogP contribution >= 0.6 is 0 Å². The summed E-state index contributed by atoms with van der Waals surface area (Å²) in [5, 5.41) is 5.51. The van der Waals surface area contributed by atoms with Crippen LogP contribution in [0.25, 0.3) is 10.4 Å². The van der Waals surface area contributed by atoms with Crippen molar-refractivity contribution in [3.63, 3.8) is 0 Å². The molecule has 1 saturated heterocycles. The molecule has 0 aromatic heterocycles. The van der Waals surface area contributed by atoms with Gasteiger partial charge in [-0.3, -0.25) is 34.4 Å². The molecule has 0 radical (unpaired) electrons. The zero-order chi connectivity index (χ0) is 24.3. The maximum absolute atomic E-state index is 13.0. The first kappa shape index (κ1) is 25.0. The lowest BCUT2D eigenvalue weighted by molar-refractivity contribution is -0.136. The van der Waals surface area contributed by atoms with Gasteiger partial charge in [0.15, 0.2) is 0 Å². The van der Waals surface area contributed by atoms with Gasteiger partial charge in [-0.1, -0.05) is 11.2 Å². The van der Waals surface area contributed by atoms with E-state index in [0.29, 0.717) is 38.7 Å². The molecule has 0 spiro atoms. The number of nitrogens with one attached hydrogen (secondary N) is 1. The molecule has 2 heterocycles. The third kappa shape index (κ3) is 6.23. The predicted molar refractivity (Wildman–Crippen MR) is 118 cm³/mol. The average molecular weight is 472 g/mol. The van der Waals surface area contributed by atoms with Gasteiger partial charge >= 0.3 is 0 Å². The van der Waals surface area contributed by atoms with E-state index in [9.17, 15) is 19.2 Å². The van der Waals surface area contributed by atoms with Crippen LogP contribution in [0.4, 0.5) is 5.69 Å². The normalized spacial score (nSPS) is 17.8. The van der Waals surface area contributed by atoms with Gasteiger partial charge in [-0.25, -0.2) is 0 Å². The largest absolute Gasteiger partial charge is 0.379 e. The molecular weight excluding hydrogens is 448 g/mol. The number of amides is 4. The van der Waals surface area contributed by atoms with Gasteiger partial charge in [-0.05, 0) is 24.1 Å². The SMILES string of the molecule is [N-]=[N+]=NCCOCCOCCOCC=Nc1cccc2c1C(=O)N(C1CCC(=O)NC1=O)C2=O. The Morgan fingerprint density at radius 2 is 1.79 bits per heavy atom. The molecule has 1 aromatic carbocycles. The second-order valence-electron chi connectivity index (χ2n) is 7.21. The lowest BCUT2D eigenvalue weighted by Gasteiger charge is -2.27. The number of aliphatic imine (C=N–C) groups is 1. The Balaban J connectivity index is 1.45. The van der Waals surface area contributed by atoms with E-state index >= 15 is 0 Å². The van der Waals surface area contributed by atoms with Crippen LogP contribution in [0.2, 0.25) is 0 Å². The van der Waals surface area contributed by atoms with Crippen LogP contribution in [0.3, 0.4) is 0 Å². The molecule has 1 N–H and O–H groups in total. The molecule has 34 heavy (non-hydrogen) atoms. The standard InChI is InChI=1S/C21H24N6O7/c22-26-24-7-9-33-11-13-34-12-10-32-8-6-23-15-3-1-2-14-18(15)21(31)27(20(14)30)16-4-5-17(28)25-19(16)29/h1-3,6,16H,4-5,7-13H2,(H,25,28,29). The summed E-state index contributed by atoms with van der Waals surface area (Å²) in [5.74, 6) is -2.28. The minimum Gasteiger partial charge on any atom is -0.379 e. The molecule has 1 fully saturated rings. The van der Waals surface area contributed by atoms with E-state index in [-0.39, 0.29) is 37.1 Å². The van der Waals surface area contributed by atoms with Gasteiger partial charge in [0.1, 0.15) is 6.04 Å². The fourth-order valence-electron chi connectivity index (χ4n) is 3.47. The predicted octanol–water partition coefficient (Wildman–Crippen LogP) is 1.15. The summed E-state index contributed by atoms with van der Waals surface area (Å²) in [4.78, 5) is 57.1. The minimum absolute atomic E-state index is 0.0559. The highest BCUT2D eigenvalue weighted by molar-refractivity contribution is 6.25. The molecular formula is C21H24N6O7. The summed E-state index contributed by atoms with van der Waals surface area (Å²) < 4.78 is 15.9. The molecule has 2 aliphatic rings. The van der Waals surface area contributed by atoms with Crippen molar-refractivity contribution >= 4 is 35.5 Å². The lowest BCUT2D eigenvalue weighted by atomic mass is 10.0. The molecule has 13 heteroatoms. The van der Waals surface area contributed by atoms with Crippen LogP contribution in [0, 0.1) is 0 Å². The van der Waals surface area contributed by atoms with Crippen molar-refractivity contribution in [1.29, 1.82) is 0 Å². The number of imide groups is 2. The first-order chi connectivity index (χ1) is 16.5. The van der Waals surface area contributed by atoms with Gasteiger partial charge in [0.05, 0.1) is 56.5 Å². The summed E-state index contributed by atoms with van der Waals surface area (Å²) in [5.41, 5.74) is 8.72. The van der Waals surface area contributed by atoms with Gasteiger partial charge in [-0.2, -0.15) is 0 Å². The van der Waals surface area contributed by atoms with E-state index in [2.05, 4.69) is 20.3 Å². The molecule has 1 aromatic rings. The number of rotatable bonds is 13. The highest BCUT2D eigenvalue weighted by Crippen LogP contribution is 2.33. The number of piperidine rings is 1. The number of hydrogen-bond acceptors (Lipinski definition) is 9. The Morgan fingerprint density at radius 3 is 2.53 bits per heavy atom. The van der Waals surface area contributed by atoms with E-state index in [1.807, 2.05) is 0 Å². The highest BCUT2D eigenvalue weighted by Gasteiger charge is 2.45. The number of carbonyl (C=O) groups is 4. The Hall–Kier alpha value is -3.64. The van der Waals surface area contributed by atoms with Gasteiger partial charge < -0.3 is 14.2 Å². The fourth-order valence-corrected chi connectivity index (χ4v) is 3.47. The highest BCUT2D eigenvalue weighted by atomic mass is 16.5. The van der Waals surface area contributed by atoms with Crippen LogP contribution in [0.15, 0.2) is 28.3 Å². The van der Waals surface area contributed by atoms with Crippen molar-refractivity contribution in [1.82, 2.24) is 10.2 Å². The maximum Gasteiger partial charge on any atom is 0.264 e. The quantitative estimate of drug-likeness (QED) is 0.112. The summed E-state index contributed by atoms with van der Waals surface area (Å²) >= 11 is 0. The van der Waals surface area contributed by atoms with Crippen LogP contribution in [-0.4, -0.2) is 87.0 Å². The molecule has 180 valence electrons. The summed E-state index contributed by atoms with van der Waals surface area (Å²) in [6.45, 7) is 2.20. The summed E-state index contributed by atoms with van der Waals surface area (Å²) in [6.07, 6.45) is 1.62. The molecule has 13 nitrogen and oxygen atoms in total. The van der Waals surface area contributed by atoms with Crippen molar-refractivity contribution in [2.45, 2.75) is 18.9 Å². The first-order valence-electron chi connectivity index (χ1n) is 10.7. The number of benzene rings is 1. The molecule has 1 unspecified atom stereocenters. The number of fused-ring (bicyclic) bond motifs is 1. The van der Waals surface area contributed by atoms with E-state index in [1.165, 1.54) is 12.3 Å². The van der Waals surface area contributed by atoms with Crippen molar-refractivity contribution in [2.75, 3.05) is 46.2 Å². The van der Waals surface area contributed by atoms with Crippen LogP contribution in [0.1, 0.15) is 33.6 Å². The molecule has 2 aliphatic heterocycles. The van der Waals surface area contributed by atoms with E-state index in [1.54, 1.807) is 12.1 Å². The second-order valence-corrected chi connectivity index (χ2v) is 7.21. The number of nitrogens with zero attached hydrogens (tertiary/aromatic N) is 5. The lowest BCUT2D eigenvalue weighted by Crippen LogP contribution is -2.54. The number of azide groups is 1. The number of ether oxygens (including phenoxy) is 3. The van der Waals surface area contributed by atoms with Crippen LogP contribution in [0.5, 0.6) is 0 Å². The molecule has 3 rings (SSSR count). The minimum atomic E-state index is -1.03. The molecule has 4 amide bonds. The van der Waals surface area contributed by atoms with Gasteiger partial charge in [0.25, 0.3) is 11.8 Å². The average Bonchev–Trinajstić information content (AvgIpc) is 3.08. The Labute approximate surface area is 194 Å². The van der Waals surface area contributed by atoms with Crippen molar-refractivity contribution in [2.24, 2.45) is 10.1 Å². The zero-order valence-corrected chi connectivity index (χ0v) is 18.3. The fraction of sp³-hybridized carbons (Fsp3) is 0.476.